The third-order valence-corrected chi connectivity index (χ3v) is 5.62. The van der Waals surface area contributed by atoms with Crippen molar-refractivity contribution in [1.29, 1.82) is 0 Å². The van der Waals surface area contributed by atoms with Gasteiger partial charge in [0.15, 0.2) is 0 Å². The van der Waals surface area contributed by atoms with Gasteiger partial charge in [0, 0.05) is 17.3 Å². The van der Waals surface area contributed by atoms with Crippen molar-refractivity contribution in [2.24, 2.45) is 0 Å². The molecular weight excluding hydrogens is 402 g/mol. The molecule has 0 spiro atoms. The lowest BCUT2D eigenvalue weighted by molar-refractivity contribution is -0.117. The van der Waals surface area contributed by atoms with Gasteiger partial charge in [-0.2, -0.15) is 5.10 Å². The summed E-state index contributed by atoms with van der Waals surface area (Å²) in [6.07, 6.45) is 0.847. The SMILES string of the molecule is COc1ccc(-c2ccc(=O)n(CC(=O)Nc3ccc4c(c3)Cc3ccccc3-4)n2)cc1. The largest absolute Gasteiger partial charge is 0.497 e. The number of carbonyl (C=O) groups excluding carboxylic acids is 1. The first kappa shape index (κ1) is 19.8. The molecule has 3 aromatic carbocycles. The standard InChI is InChI=1S/C26H21N3O3/c1-32-21-9-6-17(7-10-21)24-12-13-26(31)29(28-24)16-25(30)27-20-8-11-23-19(15-20)14-18-4-2-3-5-22(18)23/h2-13,15H,14,16H2,1H3,(H,27,30). The Kier molecular flexibility index (Phi) is 5.03. The number of anilines is 1. The van der Waals surface area contributed by atoms with Crippen LogP contribution in [0.5, 0.6) is 5.75 Å². The molecule has 4 aromatic rings. The fourth-order valence-corrected chi connectivity index (χ4v) is 4.04. The normalized spacial score (nSPS) is 11.5. The molecule has 1 aliphatic rings. The Morgan fingerprint density at radius 3 is 2.56 bits per heavy atom. The predicted octanol–water partition coefficient (Wildman–Crippen LogP) is 4.13. The molecule has 0 atom stereocenters. The number of fused-ring (bicyclic) bond motifs is 3. The van der Waals surface area contributed by atoms with Crippen molar-refractivity contribution >= 4 is 11.6 Å². The molecule has 0 unspecified atom stereocenters. The summed E-state index contributed by atoms with van der Waals surface area (Å²) in [5, 5.41) is 7.26. The lowest BCUT2D eigenvalue weighted by Gasteiger charge is -2.10. The number of hydrogen-bond donors (Lipinski definition) is 1. The van der Waals surface area contributed by atoms with E-state index in [-0.39, 0.29) is 18.0 Å². The third kappa shape index (κ3) is 3.78. The lowest BCUT2D eigenvalue weighted by Crippen LogP contribution is -2.29. The van der Waals surface area contributed by atoms with Gasteiger partial charge >= 0.3 is 0 Å². The van der Waals surface area contributed by atoms with Gasteiger partial charge in [-0.15, -0.1) is 0 Å². The Morgan fingerprint density at radius 1 is 0.969 bits per heavy atom. The Hall–Kier alpha value is -4.19. The van der Waals surface area contributed by atoms with Crippen LogP contribution in [-0.2, 0) is 17.8 Å². The van der Waals surface area contributed by atoms with Crippen molar-refractivity contribution in [2.75, 3.05) is 12.4 Å². The van der Waals surface area contributed by atoms with Crippen LogP contribution in [-0.4, -0.2) is 22.8 Å². The quantitative estimate of drug-likeness (QED) is 0.461. The molecule has 6 nitrogen and oxygen atoms in total. The van der Waals surface area contributed by atoms with E-state index in [0.29, 0.717) is 11.4 Å². The number of ether oxygens (including phenoxy) is 1. The summed E-state index contributed by atoms with van der Waals surface area (Å²) in [5.74, 6) is 0.431. The molecule has 5 rings (SSSR count). The van der Waals surface area contributed by atoms with Crippen molar-refractivity contribution in [3.05, 3.63) is 100 Å². The minimum absolute atomic E-state index is 0.167. The number of aromatic nitrogens is 2. The molecule has 1 N–H and O–H groups in total. The minimum atomic E-state index is -0.332. The van der Waals surface area contributed by atoms with E-state index in [4.69, 9.17) is 4.74 Å². The van der Waals surface area contributed by atoms with E-state index in [2.05, 4.69) is 22.5 Å². The highest BCUT2D eigenvalue weighted by atomic mass is 16.5. The number of benzene rings is 3. The molecule has 0 saturated heterocycles. The van der Waals surface area contributed by atoms with Crippen LogP contribution in [0.4, 0.5) is 5.69 Å². The first-order valence-electron chi connectivity index (χ1n) is 10.3. The van der Waals surface area contributed by atoms with Gasteiger partial charge in [-0.1, -0.05) is 30.3 Å². The molecule has 1 amide bonds. The van der Waals surface area contributed by atoms with Crippen LogP contribution in [0, 0.1) is 0 Å². The fourth-order valence-electron chi connectivity index (χ4n) is 4.04. The van der Waals surface area contributed by atoms with E-state index < -0.39 is 0 Å². The summed E-state index contributed by atoms with van der Waals surface area (Å²) in [4.78, 5) is 24.9. The van der Waals surface area contributed by atoms with Crippen LogP contribution >= 0.6 is 0 Å². The number of carbonyl (C=O) groups is 1. The predicted molar refractivity (Wildman–Crippen MR) is 124 cm³/mol. The van der Waals surface area contributed by atoms with Gasteiger partial charge in [0.2, 0.25) is 5.91 Å². The van der Waals surface area contributed by atoms with Crippen molar-refractivity contribution in [1.82, 2.24) is 9.78 Å². The van der Waals surface area contributed by atoms with Crippen molar-refractivity contribution in [3.63, 3.8) is 0 Å². The molecule has 6 heteroatoms. The Labute approximate surface area is 185 Å². The monoisotopic (exact) mass is 423 g/mol. The molecule has 0 aliphatic heterocycles. The van der Waals surface area contributed by atoms with E-state index in [1.165, 1.54) is 33.0 Å². The maximum Gasteiger partial charge on any atom is 0.267 e. The highest BCUT2D eigenvalue weighted by Gasteiger charge is 2.18. The first-order chi connectivity index (χ1) is 15.6. The average molecular weight is 423 g/mol. The second-order valence-corrected chi connectivity index (χ2v) is 7.70. The van der Waals surface area contributed by atoms with Gasteiger partial charge in [0.25, 0.3) is 5.56 Å². The van der Waals surface area contributed by atoms with Gasteiger partial charge in [0.05, 0.1) is 12.8 Å². The van der Waals surface area contributed by atoms with E-state index >= 15 is 0 Å². The number of hydrogen-bond acceptors (Lipinski definition) is 4. The molecule has 32 heavy (non-hydrogen) atoms. The summed E-state index contributed by atoms with van der Waals surface area (Å²) in [5.41, 5.74) is 6.73. The molecule has 0 bridgehead atoms. The van der Waals surface area contributed by atoms with Crippen LogP contribution in [0.2, 0.25) is 0 Å². The maximum atomic E-state index is 12.7. The van der Waals surface area contributed by atoms with Crippen LogP contribution in [0.3, 0.4) is 0 Å². The van der Waals surface area contributed by atoms with Gasteiger partial charge in [-0.05, 0) is 71.1 Å². The van der Waals surface area contributed by atoms with Crippen molar-refractivity contribution in [2.45, 2.75) is 13.0 Å². The van der Waals surface area contributed by atoms with E-state index in [1.807, 2.05) is 54.6 Å². The summed E-state index contributed by atoms with van der Waals surface area (Å²) >= 11 is 0. The second kappa shape index (κ2) is 8.15. The highest BCUT2D eigenvalue weighted by molar-refractivity contribution is 5.91. The molecule has 0 radical (unpaired) electrons. The van der Waals surface area contributed by atoms with Gasteiger partial charge < -0.3 is 10.1 Å². The molecule has 1 aromatic heterocycles. The van der Waals surface area contributed by atoms with Gasteiger partial charge in [0.1, 0.15) is 12.3 Å². The van der Waals surface area contributed by atoms with Crippen molar-refractivity contribution < 1.29 is 9.53 Å². The van der Waals surface area contributed by atoms with Crippen molar-refractivity contribution in [3.8, 4) is 28.1 Å². The minimum Gasteiger partial charge on any atom is -0.497 e. The number of methoxy groups -OCH3 is 1. The number of rotatable bonds is 5. The second-order valence-electron chi connectivity index (χ2n) is 7.70. The van der Waals surface area contributed by atoms with Crippen LogP contribution < -0.4 is 15.6 Å². The van der Waals surface area contributed by atoms with Gasteiger partial charge in [-0.3, -0.25) is 9.59 Å². The van der Waals surface area contributed by atoms with E-state index in [1.54, 1.807) is 13.2 Å². The van der Waals surface area contributed by atoms with E-state index in [9.17, 15) is 9.59 Å². The third-order valence-electron chi connectivity index (χ3n) is 5.62. The number of nitrogens with zero attached hydrogens (tertiary/aromatic N) is 2. The fraction of sp³-hybridized carbons (Fsp3) is 0.115. The number of amides is 1. The molecule has 1 aliphatic carbocycles. The van der Waals surface area contributed by atoms with Crippen LogP contribution in [0.15, 0.2) is 83.7 Å². The highest BCUT2D eigenvalue weighted by Crippen LogP contribution is 2.37. The molecule has 1 heterocycles. The summed E-state index contributed by atoms with van der Waals surface area (Å²) < 4.78 is 6.35. The molecule has 0 saturated carbocycles. The zero-order valence-electron chi connectivity index (χ0n) is 17.5. The number of nitrogens with one attached hydrogen (secondary N) is 1. The van der Waals surface area contributed by atoms with Gasteiger partial charge in [-0.25, -0.2) is 4.68 Å². The Balaban J connectivity index is 1.32. The topological polar surface area (TPSA) is 73.2 Å². The van der Waals surface area contributed by atoms with Crippen LogP contribution in [0.1, 0.15) is 11.1 Å². The molecule has 0 fully saturated rings. The van der Waals surface area contributed by atoms with Crippen LogP contribution in [0.25, 0.3) is 22.4 Å². The Morgan fingerprint density at radius 2 is 1.75 bits per heavy atom. The summed E-state index contributed by atoms with van der Waals surface area (Å²) in [6, 6.07) is 24.7. The zero-order chi connectivity index (χ0) is 22.1. The summed E-state index contributed by atoms with van der Waals surface area (Å²) in [7, 11) is 1.60. The molecule has 158 valence electrons. The molecular formula is C26H21N3O3. The average Bonchev–Trinajstić information content (AvgIpc) is 3.18. The smallest absolute Gasteiger partial charge is 0.267 e. The first-order valence-corrected chi connectivity index (χ1v) is 10.3. The van der Waals surface area contributed by atoms with E-state index in [0.717, 1.165) is 17.7 Å². The maximum absolute atomic E-state index is 12.7. The lowest BCUT2D eigenvalue weighted by atomic mass is 10.1. The zero-order valence-corrected chi connectivity index (χ0v) is 17.5. The Bertz CT molecular complexity index is 1370. The summed E-state index contributed by atoms with van der Waals surface area (Å²) in [6.45, 7) is -0.167.